The molecule has 3 aromatic rings. The number of methoxy groups -OCH3 is 2. The summed E-state index contributed by atoms with van der Waals surface area (Å²) >= 11 is 0. The van der Waals surface area contributed by atoms with Gasteiger partial charge in [-0.15, -0.1) is 0 Å². The zero-order valence-corrected chi connectivity index (χ0v) is 20.1. The molecule has 0 atom stereocenters. The Bertz CT molecular complexity index is 1280. The number of nitrogens with zero attached hydrogens (tertiary/aromatic N) is 2. The van der Waals surface area contributed by atoms with Crippen molar-refractivity contribution < 1.29 is 19.1 Å². The van der Waals surface area contributed by atoms with Crippen LogP contribution < -0.4 is 19.3 Å². The van der Waals surface area contributed by atoms with Crippen molar-refractivity contribution >= 4 is 28.8 Å². The van der Waals surface area contributed by atoms with Gasteiger partial charge in [-0.1, -0.05) is 42.0 Å². The van der Waals surface area contributed by atoms with Gasteiger partial charge in [0.2, 0.25) is 0 Å². The molecule has 1 aliphatic rings. The molecule has 4 rings (SSSR count). The van der Waals surface area contributed by atoms with Crippen molar-refractivity contribution in [3.8, 4) is 11.5 Å². The van der Waals surface area contributed by atoms with Gasteiger partial charge in [0.05, 0.1) is 25.5 Å². The molecule has 0 saturated heterocycles. The SMILES string of the molecule is CCN(C1=C(c2ccc(C)cc2C)C(=O)N(c2ccc(OC)cc2OC)C1=O)c1ccccc1. The molecule has 2 amide bonds. The number of benzene rings is 3. The molecular weight excluding hydrogens is 428 g/mol. The Morgan fingerprint density at radius 3 is 2.21 bits per heavy atom. The van der Waals surface area contributed by atoms with Gasteiger partial charge in [-0.2, -0.15) is 0 Å². The number of imide groups is 1. The third kappa shape index (κ3) is 3.92. The minimum Gasteiger partial charge on any atom is -0.497 e. The highest BCUT2D eigenvalue weighted by Crippen LogP contribution is 2.41. The van der Waals surface area contributed by atoms with Crippen molar-refractivity contribution in [2.45, 2.75) is 20.8 Å². The lowest BCUT2D eigenvalue weighted by molar-refractivity contribution is -0.120. The number of carbonyl (C=O) groups excluding carboxylic acids is 2. The Kier molecular flexibility index (Phi) is 6.41. The second-order valence-electron chi connectivity index (χ2n) is 8.11. The van der Waals surface area contributed by atoms with Crippen LogP contribution in [-0.2, 0) is 9.59 Å². The van der Waals surface area contributed by atoms with Crippen LogP contribution in [0.5, 0.6) is 11.5 Å². The van der Waals surface area contributed by atoms with Crippen molar-refractivity contribution in [1.29, 1.82) is 0 Å². The molecular formula is C28H28N2O4. The average molecular weight is 457 g/mol. The molecule has 6 heteroatoms. The standard InChI is InChI=1S/C28H28N2O4/c1-6-29(20-10-8-7-9-11-20)26-25(22-14-12-18(2)16-19(22)3)27(31)30(28(26)32)23-15-13-21(33-4)17-24(23)34-5/h7-17H,6H2,1-5H3. The van der Waals surface area contributed by atoms with E-state index < -0.39 is 5.91 Å². The van der Waals surface area contributed by atoms with Crippen LogP contribution in [0.1, 0.15) is 23.6 Å². The van der Waals surface area contributed by atoms with Crippen LogP contribution >= 0.6 is 0 Å². The molecule has 0 unspecified atom stereocenters. The zero-order chi connectivity index (χ0) is 24.4. The maximum absolute atomic E-state index is 14.0. The molecule has 0 N–H and O–H groups in total. The molecule has 0 aromatic heterocycles. The predicted molar refractivity (Wildman–Crippen MR) is 134 cm³/mol. The number of ether oxygens (including phenoxy) is 2. The highest BCUT2D eigenvalue weighted by atomic mass is 16.5. The Balaban J connectivity index is 1.95. The lowest BCUT2D eigenvalue weighted by Gasteiger charge is -2.25. The predicted octanol–water partition coefficient (Wildman–Crippen LogP) is 5.13. The summed E-state index contributed by atoms with van der Waals surface area (Å²) in [6.07, 6.45) is 0. The maximum Gasteiger partial charge on any atom is 0.282 e. The van der Waals surface area contributed by atoms with Gasteiger partial charge in [0.15, 0.2) is 0 Å². The fraction of sp³-hybridized carbons (Fsp3) is 0.214. The van der Waals surface area contributed by atoms with E-state index in [1.54, 1.807) is 25.3 Å². The number of aryl methyl sites for hydroxylation is 2. The fourth-order valence-corrected chi connectivity index (χ4v) is 4.37. The Morgan fingerprint density at radius 2 is 1.59 bits per heavy atom. The van der Waals surface area contributed by atoms with E-state index in [2.05, 4.69) is 0 Å². The normalized spacial score (nSPS) is 13.5. The molecule has 0 saturated carbocycles. The minimum atomic E-state index is -0.394. The second-order valence-corrected chi connectivity index (χ2v) is 8.11. The Morgan fingerprint density at radius 1 is 0.853 bits per heavy atom. The number of amides is 2. The summed E-state index contributed by atoms with van der Waals surface area (Å²) in [6.45, 7) is 6.44. The number of hydrogen-bond donors (Lipinski definition) is 0. The van der Waals surface area contributed by atoms with Crippen molar-refractivity contribution in [1.82, 2.24) is 0 Å². The first-order valence-electron chi connectivity index (χ1n) is 11.2. The van der Waals surface area contributed by atoms with Gasteiger partial charge in [-0.3, -0.25) is 9.59 Å². The van der Waals surface area contributed by atoms with Crippen LogP contribution in [0.2, 0.25) is 0 Å². The first-order valence-corrected chi connectivity index (χ1v) is 11.2. The van der Waals surface area contributed by atoms with Crippen molar-refractivity contribution in [2.24, 2.45) is 0 Å². The largest absolute Gasteiger partial charge is 0.497 e. The monoisotopic (exact) mass is 456 g/mol. The van der Waals surface area contributed by atoms with Crippen molar-refractivity contribution in [3.05, 3.63) is 89.1 Å². The highest BCUT2D eigenvalue weighted by molar-refractivity contribution is 6.46. The van der Waals surface area contributed by atoms with Crippen molar-refractivity contribution in [2.75, 3.05) is 30.6 Å². The van der Waals surface area contributed by atoms with Crippen LogP contribution in [-0.4, -0.2) is 32.6 Å². The molecule has 34 heavy (non-hydrogen) atoms. The molecule has 0 aliphatic carbocycles. The summed E-state index contributed by atoms with van der Waals surface area (Å²) in [4.78, 5) is 31.1. The van der Waals surface area contributed by atoms with Gasteiger partial charge >= 0.3 is 0 Å². The van der Waals surface area contributed by atoms with Gasteiger partial charge < -0.3 is 14.4 Å². The summed E-state index contributed by atoms with van der Waals surface area (Å²) in [7, 11) is 3.06. The average Bonchev–Trinajstić information content (AvgIpc) is 3.09. The Labute approximate surface area is 200 Å². The minimum absolute atomic E-state index is 0.350. The quantitative estimate of drug-likeness (QED) is 0.461. The zero-order valence-electron chi connectivity index (χ0n) is 20.1. The van der Waals surface area contributed by atoms with Gasteiger partial charge in [-0.05, 0) is 56.2 Å². The first-order chi connectivity index (χ1) is 16.4. The van der Waals surface area contributed by atoms with Gasteiger partial charge in [0, 0.05) is 18.3 Å². The molecule has 1 aliphatic heterocycles. The van der Waals surface area contributed by atoms with Crippen LogP contribution in [0, 0.1) is 13.8 Å². The molecule has 0 bridgehead atoms. The van der Waals surface area contributed by atoms with Gasteiger partial charge in [0.25, 0.3) is 11.8 Å². The third-order valence-corrected chi connectivity index (χ3v) is 5.99. The highest BCUT2D eigenvalue weighted by Gasteiger charge is 2.44. The number of hydrogen-bond acceptors (Lipinski definition) is 5. The van der Waals surface area contributed by atoms with E-state index >= 15 is 0 Å². The third-order valence-electron chi connectivity index (χ3n) is 5.99. The Hall–Kier alpha value is -4.06. The summed E-state index contributed by atoms with van der Waals surface area (Å²) in [5.74, 6) is 0.172. The van der Waals surface area contributed by atoms with Crippen LogP contribution in [0.4, 0.5) is 11.4 Å². The van der Waals surface area contributed by atoms with E-state index in [-0.39, 0.29) is 5.91 Å². The number of likely N-dealkylation sites (N-methyl/N-ethyl adjacent to an activating group) is 1. The van der Waals surface area contributed by atoms with Gasteiger partial charge in [0.1, 0.15) is 17.2 Å². The maximum atomic E-state index is 14.0. The molecule has 1 heterocycles. The molecule has 6 nitrogen and oxygen atoms in total. The van der Waals surface area contributed by atoms with E-state index in [1.807, 2.05) is 74.2 Å². The van der Waals surface area contributed by atoms with E-state index in [1.165, 1.54) is 12.0 Å². The van der Waals surface area contributed by atoms with Crippen LogP contribution in [0.15, 0.2) is 72.4 Å². The van der Waals surface area contributed by atoms with Crippen molar-refractivity contribution in [3.63, 3.8) is 0 Å². The molecule has 3 aromatic carbocycles. The van der Waals surface area contributed by atoms with Gasteiger partial charge in [-0.25, -0.2) is 4.90 Å². The summed E-state index contributed by atoms with van der Waals surface area (Å²) in [5, 5.41) is 0. The second kappa shape index (κ2) is 9.43. The first kappa shape index (κ1) is 23.1. The van der Waals surface area contributed by atoms with E-state index in [0.717, 1.165) is 22.4 Å². The number of anilines is 2. The summed E-state index contributed by atoms with van der Waals surface area (Å²) < 4.78 is 10.8. The van der Waals surface area contributed by atoms with E-state index in [9.17, 15) is 9.59 Å². The van der Waals surface area contributed by atoms with Crippen LogP contribution in [0.3, 0.4) is 0 Å². The topological polar surface area (TPSA) is 59.1 Å². The lowest BCUT2D eigenvalue weighted by atomic mass is 9.97. The van der Waals surface area contributed by atoms with Crippen LogP contribution in [0.25, 0.3) is 5.57 Å². The van der Waals surface area contributed by atoms with E-state index in [4.69, 9.17) is 9.47 Å². The molecule has 0 spiro atoms. The van der Waals surface area contributed by atoms with E-state index in [0.29, 0.717) is 35.0 Å². The fourth-order valence-electron chi connectivity index (χ4n) is 4.37. The number of rotatable bonds is 7. The summed E-state index contributed by atoms with van der Waals surface area (Å²) in [5.41, 5.74) is 4.70. The summed E-state index contributed by atoms with van der Waals surface area (Å²) in [6, 6.07) is 20.6. The molecule has 174 valence electrons. The molecule has 0 fully saturated rings. The smallest absolute Gasteiger partial charge is 0.282 e. The number of para-hydroxylation sites is 1. The number of carbonyl (C=O) groups is 2. The molecule has 0 radical (unpaired) electrons. The lowest BCUT2D eigenvalue weighted by Crippen LogP contribution is -2.35.